The molecule has 1 unspecified atom stereocenters. The van der Waals surface area contributed by atoms with Gasteiger partial charge in [0.05, 0.1) is 13.2 Å². The van der Waals surface area contributed by atoms with Gasteiger partial charge < -0.3 is 38.9 Å². The van der Waals surface area contributed by atoms with Crippen LogP contribution >= 0.6 is 0 Å². The predicted octanol–water partition coefficient (Wildman–Crippen LogP) is 4.29. The highest BCUT2D eigenvalue weighted by Gasteiger charge is 2.22. The quantitative estimate of drug-likeness (QED) is 0.208. The zero-order valence-electron chi connectivity index (χ0n) is 22.0. The minimum Gasteiger partial charge on any atom is -0.461 e. The van der Waals surface area contributed by atoms with Gasteiger partial charge in [-0.15, -0.1) is 0 Å². The zero-order valence-corrected chi connectivity index (χ0v) is 22.0. The molecule has 1 aromatic rings. The first-order chi connectivity index (χ1) is 17.6. The number of esters is 1. The van der Waals surface area contributed by atoms with Crippen molar-refractivity contribution in [3.05, 3.63) is 23.8 Å². The Morgan fingerprint density at radius 2 is 1.35 bits per heavy atom. The summed E-state index contributed by atoms with van der Waals surface area (Å²) in [7, 11) is 0. The smallest absolute Gasteiger partial charge is 0.461 e. The van der Waals surface area contributed by atoms with Crippen LogP contribution in [0.1, 0.15) is 59.4 Å². The minimum atomic E-state index is -1.08. The number of rotatable bonds is 14. The van der Waals surface area contributed by atoms with Gasteiger partial charge in [0.25, 0.3) is 0 Å². The lowest BCUT2D eigenvalue weighted by molar-refractivity contribution is -0.148. The first-order valence-corrected chi connectivity index (χ1v) is 12.2. The molecule has 0 aliphatic rings. The van der Waals surface area contributed by atoms with E-state index in [1.54, 1.807) is 13.8 Å². The number of nitrogens with two attached hydrogens (primary N) is 1. The zero-order chi connectivity index (χ0) is 27.8. The number of hydrogen-bond donors (Lipinski definition) is 1. The van der Waals surface area contributed by atoms with E-state index in [1.807, 2.05) is 20.8 Å². The van der Waals surface area contributed by atoms with Crippen LogP contribution < -0.4 is 15.2 Å². The van der Waals surface area contributed by atoms with Crippen LogP contribution in [0.3, 0.4) is 0 Å². The SMILES string of the molecule is CCCOC(=O)Oc1ccc(C[C@H](N)C(=O)OC[C@H](C)OC(=O)OC(C)CC)cc1OC(=O)OCCC. The van der Waals surface area contributed by atoms with E-state index in [0.29, 0.717) is 24.8 Å². The Morgan fingerprint density at radius 1 is 0.784 bits per heavy atom. The summed E-state index contributed by atoms with van der Waals surface area (Å²) in [5, 5.41) is 0. The van der Waals surface area contributed by atoms with Gasteiger partial charge in [0, 0.05) is 0 Å². The van der Waals surface area contributed by atoms with Crippen molar-refractivity contribution >= 4 is 24.4 Å². The third-order valence-electron chi connectivity index (χ3n) is 4.63. The Hall–Kier alpha value is -3.54. The van der Waals surface area contributed by atoms with Gasteiger partial charge in [-0.1, -0.05) is 26.8 Å². The molecule has 3 atom stereocenters. The van der Waals surface area contributed by atoms with Crippen molar-refractivity contribution in [3.8, 4) is 11.5 Å². The molecule has 0 radical (unpaired) electrons. The monoisotopic (exact) mass is 527 g/mol. The van der Waals surface area contributed by atoms with Gasteiger partial charge in [-0.3, -0.25) is 4.79 Å². The number of carbonyl (C=O) groups excluding carboxylic acids is 4. The fraction of sp³-hybridized carbons (Fsp3) is 0.600. The Morgan fingerprint density at radius 3 is 1.92 bits per heavy atom. The molecular weight excluding hydrogens is 490 g/mol. The molecule has 0 heterocycles. The molecule has 0 bridgehead atoms. The molecular formula is C25H37NO11. The Labute approximate surface area is 216 Å². The van der Waals surface area contributed by atoms with Crippen LogP contribution in [0.15, 0.2) is 18.2 Å². The maximum atomic E-state index is 12.3. The summed E-state index contributed by atoms with van der Waals surface area (Å²) in [6, 6.07) is 3.22. The molecule has 0 aliphatic carbocycles. The van der Waals surface area contributed by atoms with Crippen molar-refractivity contribution < 1.29 is 52.3 Å². The van der Waals surface area contributed by atoms with Gasteiger partial charge in [-0.2, -0.15) is 0 Å². The summed E-state index contributed by atoms with van der Waals surface area (Å²) in [5.41, 5.74) is 6.45. The van der Waals surface area contributed by atoms with Crippen LogP contribution in [-0.4, -0.2) is 62.5 Å². The van der Waals surface area contributed by atoms with E-state index in [1.165, 1.54) is 18.2 Å². The Kier molecular flexibility index (Phi) is 14.5. The summed E-state index contributed by atoms with van der Waals surface area (Å²) < 4.78 is 35.3. The van der Waals surface area contributed by atoms with E-state index < -0.39 is 36.6 Å². The van der Waals surface area contributed by atoms with Gasteiger partial charge in [0.2, 0.25) is 0 Å². The lowest BCUT2D eigenvalue weighted by Gasteiger charge is -2.17. The summed E-state index contributed by atoms with van der Waals surface area (Å²) in [6.07, 6.45) is -2.03. The molecule has 12 nitrogen and oxygen atoms in total. The highest BCUT2D eigenvalue weighted by atomic mass is 16.7. The second-order valence-electron chi connectivity index (χ2n) is 8.14. The number of ether oxygens (including phenoxy) is 7. The third kappa shape index (κ3) is 12.8. The molecule has 0 aliphatic heterocycles. The average molecular weight is 528 g/mol. The fourth-order valence-electron chi connectivity index (χ4n) is 2.57. The van der Waals surface area contributed by atoms with Crippen LogP contribution in [-0.2, 0) is 34.9 Å². The second kappa shape index (κ2) is 17.0. The molecule has 0 fully saturated rings. The van der Waals surface area contributed by atoms with Crippen LogP contribution in [0.25, 0.3) is 0 Å². The first-order valence-electron chi connectivity index (χ1n) is 12.2. The lowest BCUT2D eigenvalue weighted by Crippen LogP contribution is -2.36. The fourth-order valence-corrected chi connectivity index (χ4v) is 2.57. The van der Waals surface area contributed by atoms with Gasteiger partial charge in [-0.25, -0.2) is 14.4 Å². The Balaban J connectivity index is 2.78. The number of benzene rings is 1. The average Bonchev–Trinajstić information content (AvgIpc) is 2.85. The molecule has 0 saturated heterocycles. The van der Waals surface area contributed by atoms with Crippen molar-refractivity contribution in [1.82, 2.24) is 0 Å². The largest absolute Gasteiger partial charge is 0.513 e. The standard InChI is InChI=1S/C25H37NO11/c1-6-11-31-23(28)36-20-10-9-18(14-21(20)37-24(29)32-12-7-2)13-19(26)22(27)33-15-17(5)35-25(30)34-16(4)8-3/h9-10,14,16-17,19H,6-8,11-13,15,26H2,1-5H3/t16?,17-,19-/m0/s1. The molecule has 2 N–H and O–H groups in total. The van der Waals surface area contributed by atoms with Crippen LogP contribution in [0.2, 0.25) is 0 Å². The molecule has 1 aromatic carbocycles. The highest BCUT2D eigenvalue weighted by molar-refractivity contribution is 5.76. The molecule has 0 aromatic heterocycles. The van der Waals surface area contributed by atoms with E-state index in [9.17, 15) is 19.2 Å². The topological polar surface area (TPSA) is 159 Å². The summed E-state index contributed by atoms with van der Waals surface area (Å²) >= 11 is 0. The molecule has 37 heavy (non-hydrogen) atoms. The predicted molar refractivity (Wildman–Crippen MR) is 130 cm³/mol. The first kappa shape index (κ1) is 31.5. The van der Waals surface area contributed by atoms with Crippen LogP contribution in [0.5, 0.6) is 11.5 Å². The lowest BCUT2D eigenvalue weighted by atomic mass is 10.1. The van der Waals surface area contributed by atoms with E-state index in [0.717, 1.165) is 0 Å². The van der Waals surface area contributed by atoms with Crippen molar-refractivity contribution in [2.75, 3.05) is 19.8 Å². The summed E-state index contributed by atoms with van der Waals surface area (Å²) in [4.78, 5) is 47.8. The maximum Gasteiger partial charge on any atom is 0.513 e. The van der Waals surface area contributed by atoms with Crippen molar-refractivity contribution in [2.24, 2.45) is 5.73 Å². The van der Waals surface area contributed by atoms with Gasteiger partial charge in [0.15, 0.2) is 11.5 Å². The third-order valence-corrected chi connectivity index (χ3v) is 4.63. The molecule has 208 valence electrons. The molecule has 0 spiro atoms. The van der Waals surface area contributed by atoms with Crippen LogP contribution in [0.4, 0.5) is 14.4 Å². The number of carbonyl (C=O) groups is 4. The number of hydrogen-bond acceptors (Lipinski definition) is 12. The van der Waals surface area contributed by atoms with E-state index in [-0.39, 0.29) is 43.8 Å². The van der Waals surface area contributed by atoms with Crippen molar-refractivity contribution in [2.45, 2.75) is 78.6 Å². The van der Waals surface area contributed by atoms with Gasteiger partial charge in [0.1, 0.15) is 24.9 Å². The van der Waals surface area contributed by atoms with Gasteiger partial charge >= 0.3 is 24.4 Å². The molecule has 1 rings (SSSR count). The second-order valence-corrected chi connectivity index (χ2v) is 8.14. The van der Waals surface area contributed by atoms with E-state index >= 15 is 0 Å². The van der Waals surface area contributed by atoms with Crippen molar-refractivity contribution in [3.63, 3.8) is 0 Å². The van der Waals surface area contributed by atoms with E-state index in [2.05, 4.69) is 0 Å². The molecule has 0 saturated carbocycles. The minimum absolute atomic E-state index is 0.00502. The summed E-state index contributed by atoms with van der Waals surface area (Å²) in [6.45, 7) is 8.86. The van der Waals surface area contributed by atoms with Crippen LogP contribution in [0, 0.1) is 0 Å². The highest BCUT2D eigenvalue weighted by Crippen LogP contribution is 2.30. The molecule has 12 heteroatoms. The van der Waals surface area contributed by atoms with Gasteiger partial charge in [-0.05, 0) is 57.2 Å². The van der Waals surface area contributed by atoms with E-state index in [4.69, 9.17) is 38.9 Å². The molecule has 0 amide bonds. The van der Waals surface area contributed by atoms with Crippen molar-refractivity contribution in [1.29, 1.82) is 0 Å². The summed E-state index contributed by atoms with van der Waals surface area (Å²) in [5.74, 6) is -0.932. The maximum absolute atomic E-state index is 12.3. The Bertz CT molecular complexity index is 889. The normalized spacial score (nSPS) is 12.9.